The molecule has 2 rings (SSSR count). The van der Waals surface area contributed by atoms with E-state index in [1.807, 2.05) is 6.07 Å². The number of hydrogen-bond donors (Lipinski definition) is 0. The van der Waals surface area contributed by atoms with Crippen LogP contribution in [0.4, 0.5) is 4.39 Å². The molecule has 102 valence electrons. The zero-order valence-corrected chi connectivity index (χ0v) is 12.3. The van der Waals surface area contributed by atoms with E-state index in [4.69, 9.17) is 14.7 Å². The SMILES string of the molecule is COc1cc(COc2cc(F)ccc2Br)ccc1C#N. The van der Waals surface area contributed by atoms with Crippen LogP contribution in [0.1, 0.15) is 11.1 Å². The Bertz CT molecular complexity index is 667. The van der Waals surface area contributed by atoms with Gasteiger partial charge in [-0.05, 0) is 45.8 Å². The number of methoxy groups -OCH3 is 1. The normalized spacial score (nSPS) is 9.90. The van der Waals surface area contributed by atoms with Gasteiger partial charge in [0.25, 0.3) is 0 Å². The Labute approximate surface area is 124 Å². The molecule has 0 saturated heterocycles. The van der Waals surface area contributed by atoms with E-state index < -0.39 is 0 Å². The smallest absolute Gasteiger partial charge is 0.137 e. The van der Waals surface area contributed by atoms with Crippen molar-refractivity contribution >= 4 is 15.9 Å². The number of nitrogens with zero attached hydrogens (tertiary/aromatic N) is 1. The largest absolute Gasteiger partial charge is 0.495 e. The Morgan fingerprint density at radius 2 is 2.00 bits per heavy atom. The van der Waals surface area contributed by atoms with Crippen LogP contribution in [0, 0.1) is 17.1 Å². The van der Waals surface area contributed by atoms with Gasteiger partial charge in [0.1, 0.15) is 30.0 Å². The molecule has 2 aromatic carbocycles. The summed E-state index contributed by atoms with van der Waals surface area (Å²) in [5, 5.41) is 8.91. The van der Waals surface area contributed by atoms with Gasteiger partial charge in [0.05, 0.1) is 17.1 Å². The molecule has 0 saturated carbocycles. The lowest BCUT2D eigenvalue weighted by atomic mass is 10.1. The summed E-state index contributed by atoms with van der Waals surface area (Å²) in [6.45, 7) is 0.254. The summed E-state index contributed by atoms with van der Waals surface area (Å²) in [5.41, 5.74) is 1.29. The van der Waals surface area contributed by atoms with Gasteiger partial charge in [0.2, 0.25) is 0 Å². The highest BCUT2D eigenvalue weighted by Gasteiger charge is 2.06. The molecule has 0 aliphatic heterocycles. The van der Waals surface area contributed by atoms with Crippen LogP contribution in [0.2, 0.25) is 0 Å². The van der Waals surface area contributed by atoms with Gasteiger partial charge in [-0.3, -0.25) is 0 Å². The maximum absolute atomic E-state index is 13.1. The van der Waals surface area contributed by atoms with E-state index in [1.165, 1.54) is 19.2 Å². The van der Waals surface area contributed by atoms with E-state index in [2.05, 4.69) is 15.9 Å². The van der Waals surface area contributed by atoms with Crippen LogP contribution in [0.25, 0.3) is 0 Å². The monoisotopic (exact) mass is 335 g/mol. The third-order valence-corrected chi connectivity index (χ3v) is 3.33. The van der Waals surface area contributed by atoms with Crippen LogP contribution >= 0.6 is 15.9 Å². The second-order valence-corrected chi connectivity index (χ2v) is 4.86. The highest BCUT2D eigenvalue weighted by molar-refractivity contribution is 9.10. The lowest BCUT2D eigenvalue weighted by molar-refractivity contribution is 0.301. The van der Waals surface area contributed by atoms with Crippen molar-refractivity contribution in [2.75, 3.05) is 7.11 Å². The molecule has 0 aromatic heterocycles. The van der Waals surface area contributed by atoms with Crippen molar-refractivity contribution in [3.8, 4) is 17.6 Å². The van der Waals surface area contributed by atoms with Crippen LogP contribution in [0.3, 0.4) is 0 Å². The molecule has 0 aliphatic carbocycles. The number of nitriles is 1. The molecule has 0 amide bonds. The fourth-order valence-corrected chi connectivity index (χ4v) is 2.03. The Kier molecular flexibility index (Phi) is 4.59. The first-order chi connectivity index (χ1) is 9.63. The van der Waals surface area contributed by atoms with Gasteiger partial charge in [0.15, 0.2) is 0 Å². The highest BCUT2D eigenvalue weighted by Crippen LogP contribution is 2.27. The van der Waals surface area contributed by atoms with Crippen molar-refractivity contribution in [1.29, 1.82) is 5.26 Å². The van der Waals surface area contributed by atoms with Crippen LogP contribution in [-0.2, 0) is 6.61 Å². The predicted molar refractivity (Wildman–Crippen MR) is 76.1 cm³/mol. The molecule has 0 N–H and O–H groups in total. The highest BCUT2D eigenvalue weighted by atomic mass is 79.9. The lowest BCUT2D eigenvalue weighted by Crippen LogP contribution is -1.98. The van der Waals surface area contributed by atoms with Crippen LogP contribution < -0.4 is 9.47 Å². The predicted octanol–water partition coefficient (Wildman–Crippen LogP) is 4.05. The van der Waals surface area contributed by atoms with Gasteiger partial charge in [-0.1, -0.05) is 6.07 Å². The Morgan fingerprint density at radius 3 is 2.70 bits per heavy atom. The molecule has 2 aromatic rings. The average Bonchev–Trinajstić information content (AvgIpc) is 2.47. The zero-order valence-electron chi connectivity index (χ0n) is 10.7. The molecule has 0 aliphatic rings. The average molecular weight is 336 g/mol. The van der Waals surface area contributed by atoms with Crippen molar-refractivity contribution in [2.24, 2.45) is 0 Å². The summed E-state index contributed by atoms with van der Waals surface area (Å²) in [5.74, 6) is 0.556. The maximum atomic E-state index is 13.1. The summed E-state index contributed by atoms with van der Waals surface area (Å²) in [7, 11) is 1.50. The second-order valence-electron chi connectivity index (χ2n) is 4.01. The fraction of sp³-hybridized carbons (Fsp3) is 0.133. The summed E-state index contributed by atoms with van der Waals surface area (Å²) in [6.07, 6.45) is 0. The molecular weight excluding hydrogens is 325 g/mol. The number of rotatable bonds is 4. The van der Waals surface area contributed by atoms with E-state index >= 15 is 0 Å². The maximum Gasteiger partial charge on any atom is 0.137 e. The van der Waals surface area contributed by atoms with Crippen LogP contribution in [0.5, 0.6) is 11.5 Å². The number of hydrogen-bond acceptors (Lipinski definition) is 3. The van der Waals surface area contributed by atoms with E-state index in [9.17, 15) is 4.39 Å². The second kappa shape index (κ2) is 6.40. The van der Waals surface area contributed by atoms with E-state index in [1.54, 1.807) is 24.3 Å². The minimum absolute atomic E-state index is 0.254. The first kappa shape index (κ1) is 14.4. The van der Waals surface area contributed by atoms with E-state index in [0.717, 1.165) is 5.56 Å². The van der Waals surface area contributed by atoms with Crippen molar-refractivity contribution < 1.29 is 13.9 Å². The van der Waals surface area contributed by atoms with Gasteiger partial charge in [0, 0.05) is 6.07 Å². The number of halogens is 2. The van der Waals surface area contributed by atoms with Gasteiger partial charge in [-0.2, -0.15) is 5.26 Å². The molecule has 0 spiro atoms. The van der Waals surface area contributed by atoms with Crippen LogP contribution in [0.15, 0.2) is 40.9 Å². The Balaban J connectivity index is 2.15. The topological polar surface area (TPSA) is 42.2 Å². The van der Waals surface area contributed by atoms with E-state index in [-0.39, 0.29) is 12.4 Å². The standard InChI is InChI=1S/C15H11BrFNO2/c1-19-14-6-10(2-3-11(14)8-18)9-20-15-7-12(17)4-5-13(15)16/h2-7H,9H2,1H3. The van der Waals surface area contributed by atoms with Crippen molar-refractivity contribution in [3.05, 3.63) is 57.8 Å². The molecule has 0 radical (unpaired) electrons. The van der Waals surface area contributed by atoms with Crippen molar-refractivity contribution in [2.45, 2.75) is 6.61 Å². The zero-order chi connectivity index (χ0) is 14.5. The third-order valence-electron chi connectivity index (χ3n) is 2.67. The van der Waals surface area contributed by atoms with Gasteiger partial charge in [-0.15, -0.1) is 0 Å². The molecule has 5 heteroatoms. The molecule has 0 unspecified atom stereocenters. The molecule has 0 atom stereocenters. The van der Waals surface area contributed by atoms with Crippen molar-refractivity contribution in [1.82, 2.24) is 0 Å². The van der Waals surface area contributed by atoms with Gasteiger partial charge < -0.3 is 9.47 Å². The fourth-order valence-electron chi connectivity index (χ4n) is 1.67. The first-order valence-corrected chi connectivity index (χ1v) is 6.58. The van der Waals surface area contributed by atoms with E-state index in [0.29, 0.717) is 21.5 Å². The number of ether oxygens (including phenoxy) is 2. The summed E-state index contributed by atoms with van der Waals surface area (Å²) < 4.78 is 24.5. The van der Waals surface area contributed by atoms with Gasteiger partial charge in [-0.25, -0.2) is 4.39 Å². The number of benzene rings is 2. The minimum Gasteiger partial charge on any atom is -0.495 e. The Morgan fingerprint density at radius 1 is 1.20 bits per heavy atom. The third kappa shape index (κ3) is 3.28. The molecule has 0 fully saturated rings. The summed E-state index contributed by atoms with van der Waals surface area (Å²) in [6, 6.07) is 11.5. The van der Waals surface area contributed by atoms with Crippen molar-refractivity contribution in [3.63, 3.8) is 0 Å². The lowest BCUT2D eigenvalue weighted by Gasteiger charge is -2.10. The van der Waals surface area contributed by atoms with Gasteiger partial charge >= 0.3 is 0 Å². The first-order valence-electron chi connectivity index (χ1n) is 5.79. The van der Waals surface area contributed by atoms with Crippen LogP contribution in [-0.4, -0.2) is 7.11 Å². The Hall–Kier alpha value is -2.06. The summed E-state index contributed by atoms with van der Waals surface area (Å²) in [4.78, 5) is 0. The molecule has 0 bridgehead atoms. The molecule has 3 nitrogen and oxygen atoms in total. The molecular formula is C15H11BrFNO2. The molecule has 20 heavy (non-hydrogen) atoms. The summed E-state index contributed by atoms with van der Waals surface area (Å²) >= 11 is 3.30. The minimum atomic E-state index is -0.361. The quantitative estimate of drug-likeness (QED) is 0.846. The molecule has 0 heterocycles.